The smallest absolute Gasteiger partial charge is 0.201 e. The average Bonchev–Trinajstić information content (AvgIpc) is 3.56. The normalized spacial score (nSPS) is 13.3. The first kappa shape index (κ1) is 23.2. The lowest BCUT2D eigenvalue weighted by atomic mass is 10.00. The van der Waals surface area contributed by atoms with E-state index in [1.807, 2.05) is 6.92 Å². The van der Waals surface area contributed by atoms with E-state index in [1.165, 1.54) is 6.20 Å². The quantitative estimate of drug-likeness (QED) is 0.144. The second kappa shape index (κ2) is 9.26. The third-order valence-corrected chi connectivity index (χ3v) is 6.74. The predicted octanol–water partition coefficient (Wildman–Crippen LogP) is 6.60. The second-order valence-electron chi connectivity index (χ2n) is 8.46. The van der Waals surface area contributed by atoms with Crippen molar-refractivity contribution in [3.63, 3.8) is 0 Å². The molecule has 5 nitrogen and oxygen atoms in total. The molecule has 35 heavy (non-hydrogen) atoms. The molecule has 2 aromatic heterocycles. The minimum absolute atomic E-state index is 0.0771. The molecule has 3 N–H and O–H groups in total. The number of aryl methyl sites for hydroxylation is 1. The molecule has 1 fully saturated rings. The van der Waals surface area contributed by atoms with Gasteiger partial charge in [0.05, 0.1) is 32.8 Å². The number of ketones is 1. The summed E-state index contributed by atoms with van der Waals surface area (Å²) in [5.41, 5.74) is 0.990. The van der Waals surface area contributed by atoms with Crippen LogP contribution in [0.3, 0.4) is 0 Å². The molecule has 0 bridgehead atoms. The highest BCUT2D eigenvalue weighted by atomic mass is 32.2. The fourth-order valence-electron chi connectivity index (χ4n) is 3.81. The van der Waals surface area contributed by atoms with E-state index in [0.29, 0.717) is 34.6 Å². The van der Waals surface area contributed by atoms with E-state index in [4.69, 9.17) is 0 Å². The molecule has 1 aliphatic rings. The van der Waals surface area contributed by atoms with E-state index in [2.05, 4.69) is 20.0 Å². The lowest BCUT2D eigenvalue weighted by Gasteiger charge is -2.13. The van der Waals surface area contributed by atoms with Crippen LogP contribution in [0, 0.1) is 36.1 Å². The highest BCUT2D eigenvalue weighted by molar-refractivity contribution is 8.00. The number of rotatable bonds is 8. The van der Waals surface area contributed by atoms with Crippen LogP contribution in [0.15, 0.2) is 47.6 Å². The molecule has 1 saturated carbocycles. The Morgan fingerprint density at radius 2 is 1.91 bits per heavy atom. The van der Waals surface area contributed by atoms with Gasteiger partial charge in [0, 0.05) is 18.9 Å². The van der Waals surface area contributed by atoms with Gasteiger partial charge in [-0.2, -0.15) is 0 Å². The molecule has 2 aromatic carbocycles. The molecule has 0 spiro atoms. The molecule has 0 amide bonds. The van der Waals surface area contributed by atoms with E-state index < -0.39 is 34.6 Å². The molecule has 10 heteroatoms. The van der Waals surface area contributed by atoms with Crippen molar-refractivity contribution in [2.75, 3.05) is 16.6 Å². The van der Waals surface area contributed by atoms with Crippen molar-refractivity contribution in [2.24, 2.45) is 5.92 Å². The Morgan fingerprint density at radius 1 is 1.14 bits per heavy atom. The van der Waals surface area contributed by atoms with Gasteiger partial charge in [0.15, 0.2) is 5.82 Å². The maximum absolute atomic E-state index is 15.4. The van der Waals surface area contributed by atoms with Crippen molar-refractivity contribution in [3.05, 3.63) is 82.7 Å². The van der Waals surface area contributed by atoms with Gasteiger partial charge in [-0.25, -0.2) is 22.5 Å². The molecule has 0 saturated heterocycles. The number of carbonyl (C=O) groups is 1. The monoisotopic (exact) mass is 500 g/mol. The minimum atomic E-state index is -1.14. The Labute approximate surface area is 202 Å². The number of benzene rings is 2. The van der Waals surface area contributed by atoms with Crippen molar-refractivity contribution in [3.8, 4) is 0 Å². The summed E-state index contributed by atoms with van der Waals surface area (Å²) in [6, 6.07) is 4.89. The largest absolute Gasteiger partial charge is 0.384 e. The number of aromatic amines is 1. The summed E-state index contributed by atoms with van der Waals surface area (Å²) in [7, 11) is 0. The van der Waals surface area contributed by atoms with E-state index >= 15 is 4.39 Å². The molecule has 1 aliphatic carbocycles. The summed E-state index contributed by atoms with van der Waals surface area (Å²) in [4.78, 5) is 20.5. The topological polar surface area (TPSA) is 69.8 Å². The van der Waals surface area contributed by atoms with Crippen LogP contribution < -0.4 is 10.0 Å². The Bertz CT molecular complexity index is 1450. The van der Waals surface area contributed by atoms with E-state index in [0.717, 1.165) is 55.3 Å². The van der Waals surface area contributed by atoms with Gasteiger partial charge in [0.25, 0.3) is 0 Å². The third-order valence-electron chi connectivity index (χ3n) is 5.88. The van der Waals surface area contributed by atoms with E-state index in [9.17, 15) is 18.0 Å². The van der Waals surface area contributed by atoms with E-state index in [-0.39, 0.29) is 16.1 Å². The first-order chi connectivity index (χ1) is 16.8. The fourth-order valence-corrected chi connectivity index (χ4v) is 4.52. The summed E-state index contributed by atoms with van der Waals surface area (Å²) < 4.78 is 60.0. The van der Waals surface area contributed by atoms with Crippen molar-refractivity contribution in [1.29, 1.82) is 0 Å². The number of hydrogen-bond donors (Lipinski definition) is 3. The zero-order valence-corrected chi connectivity index (χ0v) is 19.3. The standard InChI is InChI=1S/C25H20F4N4OS/c1-12-9-31-25-20(23(12)30-10-13-2-3-13)15(11-32-25)24(34)21-17(28)6-7-18(22(21)29)33-35-19-8-14(26)4-5-16(19)27/h4-9,11,13,33H,2-3,10H2,1H3,(H2,30,31,32). The van der Waals surface area contributed by atoms with E-state index in [1.54, 1.807) is 6.20 Å². The number of pyridine rings is 1. The predicted molar refractivity (Wildman–Crippen MR) is 128 cm³/mol. The maximum atomic E-state index is 15.4. The number of fused-ring (bicyclic) bond motifs is 1. The molecule has 2 heterocycles. The zero-order valence-electron chi connectivity index (χ0n) is 18.5. The van der Waals surface area contributed by atoms with Crippen molar-refractivity contribution in [1.82, 2.24) is 9.97 Å². The molecule has 0 aliphatic heterocycles. The van der Waals surface area contributed by atoms with Crippen molar-refractivity contribution in [2.45, 2.75) is 24.7 Å². The minimum Gasteiger partial charge on any atom is -0.384 e. The third kappa shape index (κ3) is 4.58. The highest BCUT2D eigenvalue weighted by Crippen LogP contribution is 2.35. The van der Waals surface area contributed by atoms with Gasteiger partial charge in [-0.05, 0) is 73.5 Å². The van der Waals surface area contributed by atoms with Crippen LogP contribution in [0.1, 0.15) is 34.3 Å². The summed E-state index contributed by atoms with van der Waals surface area (Å²) in [6.07, 6.45) is 5.31. The SMILES string of the molecule is Cc1cnc2[nH]cc(C(=O)c3c(F)ccc(NSc4cc(F)ccc4F)c3F)c2c1NCC1CC1. The van der Waals surface area contributed by atoms with Crippen LogP contribution in [0.25, 0.3) is 11.0 Å². The number of H-pyrrole nitrogens is 1. The molecule has 4 aromatic rings. The summed E-state index contributed by atoms with van der Waals surface area (Å²) >= 11 is 0.609. The lowest BCUT2D eigenvalue weighted by Crippen LogP contribution is -2.11. The molecule has 0 atom stereocenters. The Hall–Kier alpha value is -3.53. The van der Waals surface area contributed by atoms with Crippen LogP contribution in [0.5, 0.6) is 0 Å². The summed E-state index contributed by atoms with van der Waals surface area (Å²) in [5.74, 6) is -3.85. The number of halogens is 4. The van der Waals surface area contributed by atoms with Gasteiger partial charge in [-0.15, -0.1) is 0 Å². The van der Waals surface area contributed by atoms with Crippen LogP contribution in [0.2, 0.25) is 0 Å². The van der Waals surface area contributed by atoms with Gasteiger partial charge in [-0.1, -0.05) is 0 Å². The maximum Gasteiger partial charge on any atom is 0.201 e. The number of anilines is 2. The fraction of sp³-hybridized carbons (Fsp3) is 0.200. The summed E-state index contributed by atoms with van der Waals surface area (Å²) in [6.45, 7) is 2.58. The Morgan fingerprint density at radius 3 is 2.69 bits per heavy atom. The number of aromatic nitrogens is 2. The Balaban J connectivity index is 1.50. The van der Waals surface area contributed by atoms with Gasteiger partial charge in [-0.3, -0.25) is 4.79 Å². The van der Waals surface area contributed by atoms with Crippen LogP contribution in [-0.2, 0) is 0 Å². The lowest BCUT2D eigenvalue weighted by molar-refractivity contribution is 0.103. The van der Waals surface area contributed by atoms with Gasteiger partial charge in [0.2, 0.25) is 5.78 Å². The second-order valence-corrected chi connectivity index (χ2v) is 9.31. The van der Waals surface area contributed by atoms with Crippen LogP contribution >= 0.6 is 11.9 Å². The molecular formula is C25H20F4N4OS. The van der Waals surface area contributed by atoms with Gasteiger partial charge in [0.1, 0.15) is 23.1 Å². The molecule has 180 valence electrons. The first-order valence-corrected chi connectivity index (χ1v) is 11.8. The van der Waals surface area contributed by atoms with Crippen LogP contribution in [-0.4, -0.2) is 22.3 Å². The number of nitrogens with zero attached hydrogens (tertiary/aromatic N) is 1. The van der Waals surface area contributed by atoms with Gasteiger partial charge >= 0.3 is 0 Å². The highest BCUT2D eigenvalue weighted by Gasteiger charge is 2.27. The van der Waals surface area contributed by atoms with Gasteiger partial charge < -0.3 is 15.0 Å². The van der Waals surface area contributed by atoms with Crippen molar-refractivity contribution < 1.29 is 22.4 Å². The molecule has 5 rings (SSSR count). The Kier molecular flexibility index (Phi) is 6.14. The number of nitrogens with one attached hydrogen (secondary N) is 3. The average molecular weight is 501 g/mol. The number of hydrogen-bond acceptors (Lipinski definition) is 5. The zero-order chi connectivity index (χ0) is 24.7. The molecule has 0 unspecified atom stereocenters. The van der Waals surface area contributed by atoms with Crippen LogP contribution in [0.4, 0.5) is 28.9 Å². The molecular weight excluding hydrogens is 480 g/mol. The summed E-state index contributed by atoms with van der Waals surface area (Å²) in [5, 5.41) is 3.82. The van der Waals surface area contributed by atoms with Crippen molar-refractivity contribution >= 4 is 40.1 Å². The number of carbonyl (C=O) groups excluding carboxylic acids is 1. The molecule has 0 radical (unpaired) electrons. The first-order valence-electron chi connectivity index (χ1n) is 10.9.